The molecule has 3 rings (SSSR count). The number of hydrogen-bond donors (Lipinski definition) is 1. The molecule has 106 valence electrons. The number of carboxylic acid groups (broad SMARTS) is 1. The third-order valence-corrected chi connectivity index (χ3v) is 4.38. The molecule has 0 radical (unpaired) electrons. The second-order valence-electron chi connectivity index (χ2n) is 4.90. The Morgan fingerprint density at radius 3 is 2.95 bits per heavy atom. The zero-order valence-corrected chi connectivity index (χ0v) is 11.4. The van der Waals surface area contributed by atoms with Crippen LogP contribution in [0.1, 0.15) is 6.92 Å². The van der Waals surface area contributed by atoms with Gasteiger partial charge in [-0.3, -0.25) is 4.79 Å². The zero-order valence-electron chi connectivity index (χ0n) is 10.6. The van der Waals surface area contributed by atoms with E-state index >= 15 is 0 Å². The predicted octanol–water partition coefficient (Wildman–Crippen LogP) is 1.46. The SMILES string of the molecule is CC1CN(c2nc3sccn3c2[N+](=O)[O-])CC1C(=O)O. The Hall–Kier alpha value is -2.16. The zero-order chi connectivity index (χ0) is 14.4. The summed E-state index contributed by atoms with van der Waals surface area (Å²) in [7, 11) is 0. The molecule has 0 spiro atoms. The summed E-state index contributed by atoms with van der Waals surface area (Å²) in [6, 6.07) is 0. The Bertz CT molecular complexity index is 694. The molecule has 1 aliphatic rings. The van der Waals surface area contributed by atoms with Crippen molar-refractivity contribution in [2.45, 2.75) is 6.92 Å². The minimum Gasteiger partial charge on any atom is -0.481 e. The van der Waals surface area contributed by atoms with Gasteiger partial charge in [-0.25, -0.2) is 0 Å². The van der Waals surface area contributed by atoms with E-state index in [4.69, 9.17) is 5.11 Å². The molecule has 0 aliphatic carbocycles. The number of hydrogen-bond acceptors (Lipinski definition) is 6. The molecule has 1 N–H and O–H groups in total. The lowest BCUT2D eigenvalue weighted by molar-refractivity contribution is -0.389. The quantitative estimate of drug-likeness (QED) is 0.679. The maximum Gasteiger partial charge on any atom is 0.373 e. The fourth-order valence-corrected chi connectivity index (χ4v) is 3.31. The number of carboxylic acids is 1. The topological polar surface area (TPSA) is 101 Å². The van der Waals surface area contributed by atoms with E-state index < -0.39 is 16.8 Å². The van der Waals surface area contributed by atoms with Gasteiger partial charge in [0.05, 0.1) is 5.92 Å². The molecule has 0 aromatic carbocycles. The minimum atomic E-state index is -0.872. The maximum atomic E-state index is 11.3. The lowest BCUT2D eigenvalue weighted by atomic mass is 9.99. The van der Waals surface area contributed by atoms with Crippen molar-refractivity contribution in [3.63, 3.8) is 0 Å². The van der Waals surface area contributed by atoms with E-state index in [2.05, 4.69) is 4.98 Å². The highest BCUT2D eigenvalue weighted by atomic mass is 32.1. The van der Waals surface area contributed by atoms with E-state index in [0.29, 0.717) is 11.5 Å². The van der Waals surface area contributed by atoms with E-state index in [1.54, 1.807) is 16.5 Å². The van der Waals surface area contributed by atoms with E-state index in [-0.39, 0.29) is 24.1 Å². The fraction of sp³-hybridized carbons (Fsp3) is 0.455. The summed E-state index contributed by atoms with van der Waals surface area (Å²) in [5.41, 5.74) is 0. The van der Waals surface area contributed by atoms with Crippen molar-refractivity contribution < 1.29 is 14.8 Å². The van der Waals surface area contributed by atoms with Gasteiger partial charge in [-0.15, -0.1) is 0 Å². The summed E-state index contributed by atoms with van der Waals surface area (Å²) in [6.07, 6.45) is 1.60. The summed E-state index contributed by atoms with van der Waals surface area (Å²) in [6.45, 7) is 2.55. The molecule has 2 aromatic rings. The Kier molecular flexibility index (Phi) is 2.85. The second-order valence-corrected chi connectivity index (χ2v) is 5.77. The fourth-order valence-electron chi connectivity index (χ4n) is 2.61. The molecular formula is C11H12N4O4S. The third-order valence-electron chi connectivity index (χ3n) is 3.62. The molecule has 9 heteroatoms. The van der Waals surface area contributed by atoms with Gasteiger partial charge in [0.2, 0.25) is 5.82 Å². The van der Waals surface area contributed by atoms with Gasteiger partial charge in [-0.2, -0.15) is 9.38 Å². The lowest BCUT2D eigenvalue weighted by Crippen LogP contribution is -2.23. The lowest BCUT2D eigenvalue weighted by Gasteiger charge is -2.13. The molecule has 0 bridgehead atoms. The summed E-state index contributed by atoms with van der Waals surface area (Å²) in [4.78, 5) is 28.4. The van der Waals surface area contributed by atoms with Crippen molar-refractivity contribution >= 4 is 33.9 Å². The van der Waals surface area contributed by atoms with Gasteiger partial charge < -0.3 is 20.1 Å². The van der Waals surface area contributed by atoms with Crippen LogP contribution in [0, 0.1) is 22.0 Å². The minimum absolute atomic E-state index is 0.0631. The summed E-state index contributed by atoms with van der Waals surface area (Å²) >= 11 is 1.31. The molecule has 0 saturated carbocycles. The number of imidazole rings is 1. The second kappa shape index (κ2) is 4.44. The Morgan fingerprint density at radius 1 is 1.60 bits per heavy atom. The van der Waals surface area contributed by atoms with Crippen LogP contribution in [0.4, 0.5) is 11.6 Å². The van der Waals surface area contributed by atoms with Crippen LogP contribution in [0.3, 0.4) is 0 Å². The molecule has 2 aromatic heterocycles. The number of aliphatic carboxylic acids is 1. The number of aromatic nitrogens is 2. The Balaban J connectivity index is 2.03. The number of thiazole rings is 1. The van der Waals surface area contributed by atoms with Crippen molar-refractivity contribution in [3.8, 4) is 0 Å². The van der Waals surface area contributed by atoms with Gasteiger partial charge in [-0.1, -0.05) is 18.3 Å². The van der Waals surface area contributed by atoms with Crippen LogP contribution in [-0.2, 0) is 4.79 Å². The Labute approximate surface area is 117 Å². The van der Waals surface area contributed by atoms with E-state index in [0.717, 1.165) is 0 Å². The van der Waals surface area contributed by atoms with Crippen molar-refractivity contribution in [2.24, 2.45) is 11.8 Å². The van der Waals surface area contributed by atoms with Gasteiger partial charge in [0, 0.05) is 18.5 Å². The van der Waals surface area contributed by atoms with Gasteiger partial charge in [-0.05, 0) is 10.8 Å². The number of nitrogens with zero attached hydrogens (tertiary/aromatic N) is 4. The molecular weight excluding hydrogens is 284 g/mol. The molecule has 1 saturated heterocycles. The van der Waals surface area contributed by atoms with Crippen LogP contribution < -0.4 is 4.90 Å². The number of carbonyl (C=O) groups is 1. The van der Waals surface area contributed by atoms with Gasteiger partial charge in [0.1, 0.15) is 6.20 Å². The highest BCUT2D eigenvalue weighted by molar-refractivity contribution is 7.15. The average Bonchev–Trinajstić information content (AvgIpc) is 2.99. The number of nitro groups is 1. The molecule has 8 nitrogen and oxygen atoms in total. The monoisotopic (exact) mass is 296 g/mol. The summed E-state index contributed by atoms with van der Waals surface area (Å²) in [5.74, 6) is -1.29. The van der Waals surface area contributed by atoms with Gasteiger partial charge in [0.25, 0.3) is 4.96 Å². The smallest absolute Gasteiger partial charge is 0.373 e. The van der Waals surface area contributed by atoms with E-state index in [1.165, 1.54) is 15.7 Å². The largest absolute Gasteiger partial charge is 0.481 e. The van der Waals surface area contributed by atoms with E-state index in [1.807, 2.05) is 6.92 Å². The highest BCUT2D eigenvalue weighted by Crippen LogP contribution is 2.35. The molecule has 3 heterocycles. The van der Waals surface area contributed by atoms with Crippen LogP contribution in [-0.4, -0.2) is 38.5 Å². The first-order valence-electron chi connectivity index (χ1n) is 6.06. The van der Waals surface area contributed by atoms with Crippen LogP contribution in [0.25, 0.3) is 4.96 Å². The van der Waals surface area contributed by atoms with Crippen molar-refractivity contribution in [1.29, 1.82) is 0 Å². The molecule has 0 amide bonds. The van der Waals surface area contributed by atoms with Crippen molar-refractivity contribution in [1.82, 2.24) is 9.38 Å². The van der Waals surface area contributed by atoms with Crippen LogP contribution in [0.5, 0.6) is 0 Å². The summed E-state index contributed by atoms with van der Waals surface area (Å²) in [5, 5.41) is 22.1. The Morgan fingerprint density at radius 2 is 2.35 bits per heavy atom. The number of rotatable bonds is 3. The first-order valence-corrected chi connectivity index (χ1v) is 6.94. The number of anilines is 1. The predicted molar refractivity (Wildman–Crippen MR) is 72.2 cm³/mol. The molecule has 20 heavy (non-hydrogen) atoms. The van der Waals surface area contributed by atoms with Crippen LogP contribution >= 0.6 is 11.3 Å². The molecule has 2 unspecified atom stereocenters. The normalized spacial score (nSPS) is 22.6. The van der Waals surface area contributed by atoms with Crippen LogP contribution in [0.15, 0.2) is 11.6 Å². The summed E-state index contributed by atoms with van der Waals surface area (Å²) < 4.78 is 1.43. The van der Waals surface area contributed by atoms with Gasteiger partial charge in [0.15, 0.2) is 0 Å². The molecule has 1 aliphatic heterocycles. The van der Waals surface area contributed by atoms with Crippen LogP contribution in [0.2, 0.25) is 0 Å². The molecule has 1 fully saturated rings. The molecule has 2 atom stereocenters. The maximum absolute atomic E-state index is 11.3. The standard InChI is InChI=1S/C11H12N4O4S/c1-6-4-13(5-7(6)10(16)17)8-9(15(18)19)14-2-3-20-11(14)12-8/h2-3,6-7H,4-5H2,1H3,(H,16,17). The highest BCUT2D eigenvalue weighted by Gasteiger charge is 2.39. The van der Waals surface area contributed by atoms with E-state index in [9.17, 15) is 14.9 Å². The third kappa shape index (κ3) is 1.82. The van der Waals surface area contributed by atoms with Gasteiger partial charge >= 0.3 is 11.8 Å². The average molecular weight is 296 g/mol. The first kappa shape index (κ1) is 12.9. The first-order chi connectivity index (χ1) is 9.49. The van der Waals surface area contributed by atoms with Crippen molar-refractivity contribution in [3.05, 3.63) is 21.7 Å². The number of fused-ring (bicyclic) bond motifs is 1. The van der Waals surface area contributed by atoms with Crippen molar-refractivity contribution in [2.75, 3.05) is 18.0 Å².